The molecule has 0 atom stereocenters. The molecule has 0 unspecified atom stereocenters. The first-order valence-electron chi connectivity index (χ1n) is 8.95. The van der Waals surface area contributed by atoms with E-state index in [2.05, 4.69) is 20.4 Å². The minimum absolute atomic E-state index is 0.264. The number of benzene rings is 2. The number of carbonyl (C=O) groups is 1. The molecule has 7 nitrogen and oxygen atoms in total. The SMILES string of the molecule is N#Cc1ccccc1C(=O)n1nc(-c2cccnc2)nc1NCc1ccccc1. The highest BCUT2D eigenvalue weighted by atomic mass is 16.2. The van der Waals surface area contributed by atoms with Crippen LogP contribution in [0.5, 0.6) is 0 Å². The summed E-state index contributed by atoms with van der Waals surface area (Å²) in [5.74, 6) is 0.238. The third-order valence-electron chi connectivity index (χ3n) is 4.29. The Morgan fingerprint density at radius 1 is 1.03 bits per heavy atom. The zero-order valence-electron chi connectivity index (χ0n) is 15.4. The minimum atomic E-state index is -0.430. The molecule has 29 heavy (non-hydrogen) atoms. The maximum absolute atomic E-state index is 13.2. The third-order valence-corrected chi connectivity index (χ3v) is 4.29. The minimum Gasteiger partial charge on any atom is -0.350 e. The van der Waals surface area contributed by atoms with E-state index in [1.807, 2.05) is 42.5 Å². The van der Waals surface area contributed by atoms with Crippen molar-refractivity contribution in [1.82, 2.24) is 19.7 Å². The van der Waals surface area contributed by atoms with Crippen molar-refractivity contribution in [2.24, 2.45) is 0 Å². The summed E-state index contributed by atoms with van der Waals surface area (Å²) in [5.41, 5.74) is 2.27. The lowest BCUT2D eigenvalue weighted by Crippen LogP contribution is -2.18. The Bertz CT molecular complexity index is 1180. The van der Waals surface area contributed by atoms with E-state index in [0.29, 0.717) is 23.9 Å². The van der Waals surface area contributed by atoms with Crippen LogP contribution in [0.2, 0.25) is 0 Å². The van der Waals surface area contributed by atoms with Crippen LogP contribution in [0.1, 0.15) is 21.5 Å². The summed E-state index contributed by atoms with van der Waals surface area (Å²) in [6, 6.07) is 22.1. The fourth-order valence-electron chi connectivity index (χ4n) is 2.84. The Morgan fingerprint density at radius 3 is 2.59 bits per heavy atom. The van der Waals surface area contributed by atoms with Gasteiger partial charge in [0.2, 0.25) is 5.95 Å². The Hall–Kier alpha value is -4.31. The first-order chi connectivity index (χ1) is 14.3. The molecule has 4 aromatic rings. The number of nitrogens with one attached hydrogen (secondary N) is 1. The van der Waals surface area contributed by atoms with E-state index in [4.69, 9.17) is 0 Å². The molecule has 1 N–H and O–H groups in total. The topological polar surface area (TPSA) is 96.5 Å². The predicted molar refractivity (Wildman–Crippen MR) is 108 cm³/mol. The quantitative estimate of drug-likeness (QED) is 0.569. The highest BCUT2D eigenvalue weighted by Gasteiger charge is 2.21. The van der Waals surface area contributed by atoms with Crippen LogP contribution in [0.4, 0.5) is 5.95 Å². The maximum atomic E-state index is 13.2. The van der Waals surface area contributed by atoms with Crippen molar-refractivity contribution in [2.75, 3.05) is 5.32 Å². The average Bonchev–Trinajstić information content (AvgIpc) is 3.23. The average molecular weight is 380 g/mol. The summed E-state index contributed by atoms with van der Waals surface area (Å²) in [4.78, 5) is 21.7. The van der Waals surface area contributed by atoms with Crippen LogP contribution in [0.15, 0.2) is 79.1 Å². The van der Waals surface area contributed by atoms with Crippen LogP contribution < -0.4 is 5.32 Å². The second kappa shape index (κ2) is 8.15. The number of rotatable bonds is 5. The molecule has 0 saturated heterocycles. The van der Waals surface area contributed by atoms with Crippen LogP contribution in [0.25, 0.3) is 11.4 Å². The largest absolute Gasteiger partial charge is 0.350 e. The highest BCUT2D eigenvalue weighted by Crippen LogP contribution is 2.19. The summed E-state index contributed by atoms with van der Waals surface area (Å²) < 4.78 is 1.20. The number of carbonyl (C=O) groups excluding carboxylic acids is 1. The van der Waals surface area contributed by atoms with Gasteiger partial charge in [-0.3, -0.25) is 9.78 Å². The van der Waals surface area contributed by atoms with Gasteiger partial charge >= 0.3 is 0 Å². The van der Waals surface area contributed by atoms with Crippen LogP contribution in [-0.2, 0) is 6.54 Å². The zero-order valence-corrected chi connectivity index (χ0v) is 15.4. The van der Waals surface area contributed by atoms with Crippen molar-refractivity contribution in [3.05, 3.63) is 95.8 Å². The lowest BCUT2D eigenvalue weighted by Gasteiger charge is -2.08. The molecule has 0 saturated carbocycles. The fraction of sp³-hybridized carbons (Fsp3) is 0.0455. The van der Waals surface area contributed by atoms with Gasteiger partial charge in [0.1, 0.15) is 0 Å². The number of anilines is 1. The van der Waals surface area contributed by atoms with Gasteiger partial charge in [-0.15, -0.1) is 5.10 Å². The van der Waals surface area contributed by atoms with Crippen molar-refractivity contribution < 1.29 is 4.79 Å². The van der Waals surface area contributed by atoms with Crippen molar-refractivity contribution in [2.45, 2.75) is 6.54 Å². The Kier molecular flexibility index (Phi) is 5.08. The molecule has 0 bridgehead atoms. The summed E-state index contributed by atoms with van der Waals surface area (Å²) in [7, 11) is 0. The Morgan fingerprint density at radius 2 is 1.83 bits per heavy atom. The van der Waals surface area contributed by atoms with Gasteiger partial charge in [-0.1, -0.05) is 42.5 Å². The van der Waals surface area contributed by atoms with E-state index in [0.717, 1.165) is 5.56 Å². The van der Waals surface area contributed by atoms with Crippen molar-refractivity contribution in [1.29, 1.82) is 5.26 Å². The van der Waals surface area contributed by atoms with Crippen molar-refractivity contribution in [3.63, 3.8) is 0 Å². The van der Waals surface area contributed by atoms with Crippen LogP contribution in [-0.4, -0.2) is 25.7 Å². The van der Waals surface area contributed by atoms with Crippen molar-refractivity contribution >= 4 is 11.9 Å². The van der Waals surface area contributed by atoms with Crippen LogP contribution >= 0.6 is 0 Å². The van der Waals surface area contributed by atoms with E-state index < -0.39 is 5.91 Å². The second-order valence-electron chi connectivity index (χ2n) is 6.21. The molecule has 140 valence electrons. The first kappa shape index (κ1) is 18.1. The molecule has 0 radical (unpaired) electrons. The lowest BCUT2D eigenvalue weighted by molar-refractivity contribution is 0.0947. The van der Waals surface area contributed by atoms with Gasteiger partial charge in [0.05, 0.1) is 17.2 Å². The molecule has 0 spiro atoms. The zero-order chi connectivity index (χ0) is 20.1. The third kappa shape index (κ3) is 3.87. The standard InChI is InChI=1S/C22H16N6O/c23-13-17-9-4-5-11-19(17)21(29)28-22(25-14-16-7-2-1-3-8-16)26-20(27-28)18-10-6-12-24-15-18/h1-12,15H,14H2,(H,25,26,27). The first-order valence-corrected chi connectivity index (χ1v) is 8.95. The van der Waals surface area contributed by atoms with E-state index >= 15 is 0 Å². The van der Waals surface area contributed by atoms with Gasteiger partial charge in [-0.2, -0.15) is 14.9 Å². The van der Waals surface area contributed by atoms with Crippen molar-refractivity contribution in [3.8, 4) is 17.5 Å². The number of pyridine rings is 1. The second-order valence-corrected chi connectivity index (χ2v) is 6.21. The highest BCUT2D eigenvalue weighted by molar-refractivity contribution is 5.99. The van der Waals surface area contributed by atoms with E-state index in [1.54, 1.807) is 42.7 Å². The number of aromatic nitrogens is 4. The molecule has 2 heterocycles. The monoisotopic (exact) mass is 380 g/mol. The van der Waals surface area contributed by atoms with Gasteiger partial charge in [0.25, 0.3) is 5.91 Å². The molecule has 7 heteroatoms. The summed E-state index contributed by atoms with van der Waals surface area (Å²) in [5, 5.41) is 16.9. The number of nitrogens with zero attached hydrogens (tertiary/aromatic N) is 5. The fourth-order valence-corrected chi connectivity index (χ4v) is 2.84. The molecule has 0 fully saturated rings. The lowest BCUT2D eigenvalue weighted by atomic mass is 10.1. The maximum Gasteiger partial charge on any atom is 0.282 e. The molecule has 0 aliphatic rings. The van der Waals surface area contributed by atoms with E-state index in [-0.39, 0.29) is 11.1 Å². The van der Waals surface area contributed by atoms with Gasteiger partial charge in [0.15, 0.2) is 5.82 Å². The summed E-state index contributed by atoms with van der Waals surface area (Å²) in [6.45, 7) is 0.471. The molecule has 2 aromatic heterocycles. The summed E-state index contributed by atoms with van der Waals surface area (Å²) >= 11 is 0. The van der Waals surface area contributed by atoms with Crippen LogP contribution in [0.3, 0.4) is 0 Å². The number of hydrogen-bond donors (Lipinski definition) is 1. The van der Waals surface area contributed by atoms with Gasteiger partial charge < -0.3 is 5.32 Å². The number of nitriles is 1. The number of hydrogen-bond acceptors (Lipinski definition) is 6. The molecular formula is C22H16N6O. The Balaban J connectivity index is 1.73. The van der Waals surface area contributed by atoms with Gasteiger partial charge in [-0.05, 0) is 29.8 Å². The molecule has 0 aliphatic heterocycles. The van der Waals surface area contributed by atoms with Crippen LogP contribution in [0, 0.1) is 11.3 Å². The Labute approximate surface area is 167 Å². The van der Waals surface area contributed by atoms with Gasteiger partial charge in [-0.25, -0.2) is 0 Å². The molecule has 0 aliphatic carbocycles. The van der Waals surface area contributed by atoms with E-state index in [9.17, 15) is 10.1 Å². The van der Waals surface area contributed by atoms with E-state index in [1.165, 1.54) is 4.68 Å². The molecule has 4 rings (SSSR count). The smallest absolute Gasteiger partial charge is 0.282 e. The predicted octanol–water partition coefficient (Wildman–Crippen LogP) is 3.51. The molecule has 2 aromatic carbocycles. The molecule has 0 amide bonds. The van der Waals surface area contributed by atoms with Gasteiger partial charge in [0, 0.05) is 24.5 Å². The molecular weight excluding hydrogens is 364 g/mol. The normalized spacial score (nSPS) is 10.3. The summed E-state index contributed by atoms with van der Waals surface area (Å²) in [6.07, 6.45) is 3.29.